The van der Waals surface area contributed by atoms with E-state index in [0.717, 1.165) is 22.7 Å². The fourth-order valence-corrected chi connectivity index (χ4v) is 6.65. The summed E-state index contributed by atoms with van der Waals surface area (Å²) in [5.74, 6) is -0.306. The number of amides is 4. The number of anilines is 1. The molecule has 10 nitrogen and oxygen atoms in total. The van der Waals surface area contributed by atoms with Gasteiger partial charge in [0.25, 0.3) is 0 Å². The minimum Gasteiger partial charge on any atom is -0.378 e. The molecule has 0 aromatic carbocycles. The molecular formula is C21H23N5O5S. The highest BCUT2D eigenvalue weighted by molar-refractivity contribution is 7.15. The normalized spacial score (nSPS) is 34.5. The lowest BCUT2D eigenvalue weighted by atomic mass is 9.63. The highest BCUT2D eigenvalue weighted by atomic mass is 32.1. The molecule has 2 saturated heterocycles. The topological polar surface area (TPSA) is 122 Å². The number of hydrogen-bond acceptors (Lipinski definition) is 8. The lowest BCUT2D eigenvalue weighted by Gasteiger charge is -2.37. The molecule has 4 amide bonds. The zero-order valence-corrected chi connectivity index (χ0v) is 18.1. The maximum absolute atomic E-state index is 13.0. The van der Waals surface area contributed by atoms with Gasteiger partial charge < -0.3 is 9.64 Å². The number of imide groups is 1. The zero-order valence-electron chi connectivity index (χ0n) is 17.3. The Morgan fingerprint density at radius 2 is 1.72 bits per heavy atom. The van der Waals surface area contributed by atoms with Crippen LogP contribution >= 0.6 is 11.3 Å². The molecule has 2 bridgehead atoms. The van der Waals surface area contributed by atoms with Gasteiger partial charge in [0.15, 0.2) is 0 Å². The molecule has 2 saturated carbocycles. The molecule has 1 aromatic heterocycles. The molecule has 32 heavy (non-hydrogen) atoms. The van der Waals surface area contributed by atoms with Gasteiger partial charge in [-0.25, -0.2) is 0 Å². The number of ether oxygens (including phenoxy) is 1. The van der Waals surface area contributed by atoms with Crippen LogP contribution in [0.2, 0.25) is 0 Å². The molecule has 0 spiro atoms. The van der Waals surface area contributed by atoms with Gasteiger partial charge in [-0.15, -0.1) is 10.2 Å². The summed E-state index contributed by atoms with van der Waals surface area (Å²) >= 11 is 1.12. The Hall–Kier alpha value is -2.66. The summed E-state index contributed by atoms with van der Waals surface area (Å²) in [6.07, 6.45) is 5.42. The zero-order chi connectivity index (χ0) is 22.0. The molecular weight excluding hydrogens is 434 g/mol. The molecule has 6 atom stereocenters. The number of aromatic nitrogens is 2. The van der Waals surface area contributed by atoms with E-state index in [0.29, 0.717) is 43.1 Å². The van der Waals surface area contributed by atoms with Gasteiger partial charge in [-0.3, -0.25) is 29.4 Å². The van der Waals surface area contributed by atoms with Crippen LogP contribution in [0.15, 0.2) is 12.2 Å². The second-order valence-corrected chi connectivity index (χ2v) is 10.2. The third kappa shape index (κ3) is 3.17. The highest BCUT2D eigenvalue weighted by Gasteiger charge is 2.67. The van der Waals surface area contributed by atoms with E-state index >= 15 is 0 Å². The van der Waals surface area contributed by atoms with Crippen LogP contribution < -0.4 is 5.32 Å². The minimum atomic E-state index is -0.488. The fourth-order valence-electron chi connectivity index (χ4n) is 5.91. The highest BCUT2D eigenvalue weighted by Crippen LogP contribution is 2.65. The van der Waals surface area contributed by atoms with Gasteiger partial charge in [0, 0.05) is 13.1 Å². The molecule has 0 radical (unpaired) electrons. The van der Waals surface area contributed by atoms with Gasteiger partial charge >= 0.3 is 0 Å². The standard InChI is InChI=1S/C21H23N5O5S/c27-14(22-21-24-23-15(32-21)8-16(28)25-3-5-31-6-4-25)9-26-19(29)17-10-1-2-11(13-7-12(10)13)18(17)20(26)30/h1-2,10-13,17-18H,3-9H2,(H,22,24,27). The van der Waals surface area contributed by atoms with Crippen molar-refractivity contribution in [2.24, 2.45) is 35.5 Å². The summed E-state index contributed by atoms with van der Waals surface area (Å²) in [6, 6.07) is 0. The monoisotopic (exact) mass is 457 g/mol. The number of likely N-dealkylation sites (tertiary alicyclic amines) is 1. The Morgan fingerprint density at radius 3 is 2.38 bits per heavy atom. The molecule has 1 aromatic rings. The molecule has 6 unspecified atom stereocenters. The van der Waals surface area contributed by atoms with Gasteiger partial charge in [0.05, 0.1) is 31.5 Å². The number of morpholine rings is 1. The van der Waals surface area contributed by atoms with Crippen LogP contribution in [0.5, 0.6) is 0 Å². The van der Waals surface area contributed by atoms with Gasteiger partial charge in [0.1, 0.15) is 11.6 Å². The SMILES string of the molecule is O=C(CN1C(=O)C2C3C=CC(C4CC34)C2C1=O)Nc1nnc(CC(=O)N2CCOCC2)s1. The lowest BCUT2D eigenvalue weighted by Crippen LogP contribution is -2.41. The van der Waals surface area contributed by atoms with Crippen LogP contribution in [-0.4, -0.2) is 76.5 Å². The summed E-state index contributed by atoms with van der Waals surface area (Å²) < 4.78 is 5.25. The summed E-state index contributed by atoms with van der Waals surface area (Å²) in [7, 11) is 0. The molecule has 11 heteroatoms. The van der Waals surface area contributed by atoms with E-state index in [2.05, 4.69) is 27.7 Å². The van der Waals surface area contributed by atoms with Crippen molar-refractivity contribution in [3.05, 3.63) is 17.2 Å². The Balaban J connectivity index is 1.07. The van der Waals surface area contributed by atoms with Crippen LogP contribution in [-0.2, 0) is 30.3 Å². The van der Waals surface area contributed by atoms with Crippen molar-refractivity contribution in [2.45, 2.75) is 12.8 Å². The lowest BCUT2D eigenvalue weighted by molar-refractivity contribution is -0.143. The average Bonchev–Trinajstić information content (AvgIpc) is 3.47. The van der Waals surface area contributed by atoms with E-state index in [9.17, 15) is 19.2 Å². The van der Waals surface area contributed by atoms with Crippen LogP contribution in [0.1, 0.15) is 11.4 Å². The molecule has 1 N–H and O–H groups in total. The van der Waals surface area contributed by atoms with Crippen molar-refractivity contribution in [1.82, 2.24) is 20.0 Å². The number of rotatable bonds is 5. The molecule has 7 rings (SSSR count). The van der Waals surface area contributed by atoms with Crippen LogP contribution in [0.25, 0.3) is 0 Å². The molecule has 3 heterocycles. The van der Waals surface area contributed by atoms with Crippen LogP contribution in [0, 0.1) is 35.5 Å². The Morgan fingerprint density at radius 1 is 1.06 bits per heavy atom. The Labute approximate surface area is 188 Å². The summed E-state index contributed by atoms with van der Waals surface area (Å²) in [4.78, 5) is 53.7. The van der Waals surface area contributed by atoms with Crippen molar-refractivity contribution in [3.8, 4) is 0 Å². The minimum absolute atomic E-state index is 0.0560. The van der Waals surface area contributed by atoms with Gasteiger partial charge in [-0.05, 0) is 30.1 Å². The summed E-state index contributed by atoms with van der Waals surface area (Å²) in [5, 5.41) is 11.3. The molecule has 2 aliphatic heterocycles. The maximum Gasteiger partial charge on any atom is 0.246 e. The first-order valence-electron chi connectivity index (χ1n) is 11.0. The van der Waals surface area contributed by atoms with Crippen molar-refractivity contribution < 1.29 is 23.9 Å². The van der Waals surface area contributed by atoms with Gasteiger partial charge in [-0.1, -0.05) is 23.5 Å². The second kappa shape index (κ2) is 7.45. The number of nitrogens with one attached hydrogen (secondary N) is 1. The average molecular weight is 458 g/mol. The number of allylic oxidation sites excluding steroid dienone is 2. The molecule has 168 valence electrons. The summed E-state index contributed by atoms with van der Waals surface area (Å²) in [6.45, 7) is 1.84. The van der Waals surface area contributed by atoms with Crippen LogP contribution in [0.3, 0.4) is 0 Å². The number of nitrogens with zero attached hydrogens (tertiary/aromatic N) is 4. The van der Waals surface area contributed by atoms with E-state index in [1.807, 2.05) is 0 Å². The van der Waals surface area contributed by atoms with E-state index in [-0.39, 0.29) is 59.5 Å². The number of carbonyl (C=O) groups is 4. The smallest absolute Gasteiger partial charge is 0.246 e. The van der Waals surface area contributed by atoms with E-state index in [1.54, 1.807) is 4.90 Å². The van der Waals surface area contributed by atoms with Gasteiger partial charge in [-0.2, -0.15) is 0 Å². The quantitative estimate of drug-likeness (QED) is 0.485. The van der Waals surface area contributed by atoms with E-state index < -0.39 is 5.91 Å². The molecule has 4 fully saturated rings. The van der Waals surface area contributed by atoms with Crippen LogP contribution in [0.4, 0.5) is 5.13 Å². The van der Waals surface area contributed by atoms with E-state index in [1.165, 1.54) is 0 Å². The second-order valence-electron chi connectivity index (χ2n) is 9.14. The van der Waals surface area contributed by atoms with E-state index in [4.69, 9.17) is 4.74 Å². The summed E-state index contributed by atoms with van der Waals surface area (Å²) in [5.41, 5.74) is 0. The van der Waals surface area contributed by atoms with Gasteiger partial charge in [0.2, 0.25) is 28.8 Å². The number of hydrogen-bond donors (Lipinski definition) is 1. The first-order valence-corrected chi connectivity index (χ1v) is 11.8. The third-order valence-electron chi connectivity index (χ3n) is 7.44. The first kappa shape index (κ1) is 20.0. The first-order chi connectivity index (χ1) is 15.5. The third-order valence-corrected chi connectivity index (χ3v) is 8.27. The Kier molecular flexibility index (Phi) is 4.65. The maximum atomic E-state index is 13.0. The fraction of sp³-hybridized carbons (Fsp3) is 0.619. The number of carbonyl (C=O) groups excluding carboxylic acids is 4. The molecule has 4 aliphatic carbocycles. The predicted octanol–water partition coefficient (Wildman–Crippen LogP) is -0.0690. The van der Waals surface area contributed by atoms with Crippen molar-refractivity contribution in [3.63, 3.8) is 0 Å². The van der Waals surface area contributed by atoms with Crippen molar-refractivity contribution in [2.75, 3.05) is 38.2 Å². The predicted molar refractivity (Wildman–Crippen MR) is 111 cm³/mol. The van der Waals surface area contributed by atoms with Crippen molar-refractivity contribution in [1.29, 1.82) is 0 Å². The largest absolute Gasteiger partial charge is 0.378 e. The van der Waals surface area contributed by atoms with Crippen molar-refractivity contribution >= 4 is 40.1 Å². The molecule has 6 aliphatic rings. The Bertz CT molecular complexity index is 998.